The van der Waals surface area contributed by atoms with E-state index in [-0.39, 0.29) is 17.4 Å². The number of nitrogens with zero attached hydrogens (tertiary/aromatic N) is 2. The van der Waals surface area contributed by atoms with Crippen molar-refractivity contribution in [3.05, 3.63) is 28.4 Å². The molecule has 6 nitrogen and oxygen atoms in total. The molecular formula is C9H10N2O4. The molecule has 0 N–H and O–H groups in total. The van der Waals surface area contributed by atoms with Crippen LogP contribution < -0.4 is 4.74 Å². The predicted molar refractivity (Wildman–Crippen MR) is 51.7 cm³/mol. The quantitative estimate of drug-likeness (QED) is 0.553. The van der Waals surface area contributed by atoms with Gasteiger partial charge in [0.1, 0.15) is 6.20 Å². The van der Waals surface area contributed by atoms with Gasteiger partial charge in [-0.2, -0.15) is 0 Å². The highest BCUT2D eigenvalue weighted by Gasteiger charge is 2.19. The van der Waals surface area contributed by atoms with Crippen LogP contribution >= 0.6 is 0 Å². The Kier molecular flexibility index (Phi) is 3.33. The monoisotopic (exact) mass is 210 g/mol. The van der Waals surface area contributed by atoms with Crippen molar-refractivity contribution in [2.75, 3.05) is 0 Å². The first kappa shape index (κ1) is 11.1. The Morgan fingerprint density at radius 1 is 1.67 bits per heavy atom. The smallest absolute Gasteiger partial charge is 0.406 e. The molecule has 0 aliphatic carbocycles. The molecule has 1 heterocycles. The lowest BCUT2D eigenvalue weighted by molar-refractivity contribution is -0.390. The van der Waals surface area contributed by atoms with Gasteiger partial charge in [0.15, 0.2) is 11.9 Å². The Hall–Kier alpha value is -1.98. The number of ketones is 1. The second-order valence-electron chi connectivity index (χ2n) is 2.95. The lowest BCUT2D eigenvalue weighted by Crippen LogP contribution is -2.21. The predicted octanol–water partition coefficient (Wildman–Crippen LogP) is 1.35. The SMILES string of the molecule is CC(=O)C(C)Oc1cccnc1[N+](=O)[O-]. The van der Waals surface area contributed by atoms with E-state index in [2.05, 4.69) is 4.98 Å². The summed E-state index contributed by atoms with van der Waals surface area (Å²) in [5.41, 5.74) is 0. The molecule has 0 saturated carbocycles. The highest BCUT2D eigenvalue weighted by atomic mass is 16.6. The van der Waals surface area contributed by atoms with Crippen LogP contribution in [-0.2, 0) is 4.79 Å². The van der Waals surface area contributed by atoms with E-state index in [4.69, 9.17) is 4.74 Å². The topological polar surface area (TPSA) is 82.3 Å². The highest BCUT2D eigenvalue weighted by Crippen LogP contribution is 2.23. The van der Waals surface area contributed by atoms with Crippen molar-refractivity contribution in [2.45, 2.75) is 20.0 Å². The Morgan fingerprint density at radius 2 is 2.33 bits per heavy atom. The van der Waals surface area contributed by atoms with Crippen molar-refractivity contribution in [1.29, 1.82) is 0 Å². The molecular weight excluding hydrogens is 200 g/mol. The first-order valence-electron chi connectivity index (χ1n) is 4.29. The largest absolute Gasteiger partial charge is 0.475 e. The van der Waals surface area contributed by atoms with Crippen LogP contribution in [-0.4, -0.2) is 21.8 Å². The summed E-state index contributed by atoms with van der Waals surface area (Å²) >= 11 is 0. The Bertz CT molecular complexity index is 391. The van der Waals surface area contributed by atoms with Crippen molar-refractivity contribution >= 4 is 11.6 Å². The number of hydrogen-bond acceptors (Lipinski definition) is 5. The highest BCUT2D eigenvalue weighted by molar-refractivity contribution is 5.80. The molecule has 0 bridgehead atoms. The first-order chi connectivity index (χ1) is 7.02. The van der Waals surface area contributed by atoms with Crippen molar-refractivity contribution in [3.8, 4) is 5.75 Å². The maximum atomic E-state index is 10.9. The van der Waals surface area contributed by atoms with E-state index in [1.54, 1.807) is 0 Å². The average molecular weight is 210 g/mol. The van der Waals surface area contributed by atoms with E-state index >= 15 is 0 Å². The maximum absolute atomic E-state index is 10.9. The fourth-order valence-electron chi connectivity index (χ4n) is 0.885. The molecule has 80 valence electrons. The molecule has 1 aromatic rings. The molecule has 0 aromatic carbocycles. The van der Waals surface area contributed by atoms with E-state index in [1.165, 1.54) is 32.2 Å². The number of carbonyl (C=O) groups excluding carboxylic acids is 1. The average Bonchev–Trinajstić information content (AvgIpc) is 2.18. The molecule has 0 aliphatic rings. The van der Waals surface area contributed by atoms with Crippen LogP contribution in [0.15, 0.2) is 18.3 Å². The van der Waals surface area contributed by atoms with Gasteiger partial charge in [-0.15, -0.1) is 0 Å². The summed E-state index contributed by atoms with van der Waals surface area (Å²) in [6.07, 6.45) is 0.580. The van der Waals surface area contributed by atoms with E-state index in [0.29, 0.717) is 0 Å². The van der Waals surface area contributed by atoms with Gasteiger partial charge in [0, 0.05) is 0 Å². The summed E-state index contributed by atoms with van der Waals surface area (Å²) in [5.74, 6) is -0.580. The zero-order valence-corrected chi connectivity index (χ0v) is 8.34. The van der Waals surface area contributed by atoms with Gasteiger partial charge in [0.05, 0.1) is 0 Å². The molecule has 15 heavy (non-hydrogen) atoms. The molecule has 0 saturated heterocycles. The van der Waals surface area contributed by atoms with Crippen LogP contribution in [0, 0.1) is 10.1 Å². The number of carbonyl (C=O) groups is 1. The van der Waals surface area contributed by atoms with Gasteiger partial charge < -0.3 is 14.9 Å². The molecule has 0 radical (unpaired) electrons. The van der Waals surface area contributed by atoms with Gasteiger partial charge in [-0.3, -0.25) is 4.79 Å². The first-order valence-corrected chi connectivity index (χ1v) is 4.29. The lowest BCUT2D eigenvalue weighted by atomic mass is 10.3. The van der Waals surface area contributed by atoms with Crippen LogP contribution in [0.25, 0.3) is 0 Å². The van der Waals surface area contributed by atoms with E-state index < -0.39 is 11.0 Å². The Balaban J connectivity index is 2.94. The van der Waals surface area contributed by atoms with Crippen LogP contribution in [0.3, 0.4) is 0 Å². The summed E-state index contributed by atoms with van der Waals surface area (Å²) in [4.78, 5) is 24.4. The zero-order chi connectivity index (χ0) is 11.4. The minimum absolute atomic E-state index is 0.00481. The van der Waals surface area contributed by atoms with Gasteiger partial charge in [0.25, 0.3) is 0 Å². The fraction of sp³-hybridized carbons (Fsp3) is 0.333. The molecule has 0 amide bonds. The molecule has 0 spiro atoms. The molecule has 6 heteroatoms. The minimum Gasteiger partial charge on any atom is -0.475 e. The molecule has 1 atom stereocenters. The van der Waals surface area contributed by atoms with Crippen LogP contribution in [0.2, 0.25) is 0 Å². The fourth-order valence-corrected chi connectivity index (χ4v) is 0.885. The number of nitro groups is 1. The summed E-state index contributed by atoms with van der Waals surface area (Å²) in [6.45, 7) is 2.88. The minimum atomic E-state index is -0.715. The third-order valence-electron chi connectivity index (χ3n) is 1.80. The van der Waals surface area contributed by atoms with Crippen LogP contribution in [0.5, 0.6) is 5.75 Å². The summed E-state index contributed by atoms with van der Waals surface area (Å²) in [6, 6.07) is 2.92. The van der Waals surface area contributed by atoms with E-state index in [1.807, 2.05) is 0 Å². The Labute approximate surface area is 86.0 Å². The maximum Gasteiger partial charge on any atom is 0.406 e. The second kappa shape index (κ2) is 4.50. The van der Waals surface area contributed by atoms with Gasteiger partial charge in [-0.25, -0.2) is 0 Å². The van der Waals surface area contributed by atoms with Crippen molar-refractivity contribution in [2.24, 2.45) is 0 Å². The van der Waals surface area contributed by atoms with Gasteiger partial charge in [-0.1, -0.05) is 0 Å². The van der Waals surface area contributed by atoms with Crippen molar-refractivity contribution in [1.82, 2.24) is 4.98 Å². The number of hydrogen-bond donors (Lipinski definition) is 0. The molecule has 1 rings (SSSR count). The summed E-state index contributed by atoms with van der Waals surface area (Å²) in [7, 11) is 0. The Morgan fingerprint density at radius 3 is 2.87 bits per heavy atom. The number of pyridine rings is 1. The van der Waals surface area contributed by atoms with Crippen LogP contribution in [0.4, 0.5) is 5.82 Å². The second-order valence-corrected chi connectivity index (χ2v) is 2.95. The number of aromatic nitrogens is 1. The number of ether oxygens (including phenoxy) is 1. The van der Waals surface area contributed by atoms with Gasteiger partial charge in [0.2, 0.25) is 5.75 Å². The normalized spacial score (nSPS) is 11.9. The summed E-state index contributed by atoms with van der Waals surface area (Å²) < 4.78 is 5.11. The van der Waals surface area contributed by atoms with Gasteiger partial charge in [-0.05, 0) is 35.9 Å². The number of rotatable bonds is 4. The number of Topliss-reactive ketones (excluding diaryl/α,β-unsaturated/α-hetero) is 1. The molecule has 1 aromatic heterocycles. The third kappa shape index (κ3) is 2.73. The zero-order valence-electron chi connectivity index (χ0n) is 8.34. The van der Waals surface area contributed by atoms with Crippen molar-refractivity contribution in [3.63, 3.8) is 0 Å². The molecule has 1 unspecified atom stereocenters. The van der Waals surface area contributed by atoms with E-state index in [9.17, 15) is 14.9 Å². The third-order valence-corrected chi connectivity index (χ3v) is 1.80. The standard InChI is InChI=1S/C9H10N2O4/c1-6(12)7(2)15-8-4-3-5-10-9(8)11(13)14/h3-5,7H,1-2H3. The molecule has 0 aliphatic heterocycles. The van der Waals surface area contributed by atoms with Crippen LogP contribution in [0.1, 0.15) is 13.8 Å². The molecule has 0 fully saturated rings. The van der Waals surface area contributed by atoms with Crippen molar-refractivity contribution < 1.29 is 14.5 Å². The van der Waals surface area contributed by atoms with E-state index in [0.717, 1.165) is 0 Å². The lowest BCUT2D eigenvalue weighted by Gasteiger charge is -2.10. The summed E-state index contributed by atoms with van der Waals surface area (Å²) in [5, 5.41) is 10.6. The van der Waals surface area contributed by atoms with Gasteiger partial charge >= 0.3 is 5.82 Å².